The number of H-pyrrole nitrogens is 1. The summed E-state index contributed by atoms with van der Waals surface area (Å²) in [6.45, 7) is 0. The van der Waals surface area contributed by atoms with E-state index in [9.17, 15) is 0 Å². The zero-order valence-corrected chi connectivity index (χ0v) is 9.55. The fourth-order valence-electron chi connectivity index (χ4n) is 2.43. The molecular formula is C15H10N2O. The number of aromatic amines is 1. The van der Waals surface area contributed by atoms with Crippen molar-refractivity contribution in [3.05, 3.63) is 55.1 Å². The van der Waals surface area contributed by atoms with Gasteiger partial charge in [0.25, 0.3) is 0 Å². The maximum atomic E-state index is 5.07. The molecule has 3 nitrogen and oxygen atoms in total. The first kappa shape index (κ1) is 9.48. The average Bonchev–Trinajstić information content (AvgIpc) is 3.05. The first-order valence-electron chi connectivity index (χ1n) is 5.81. The van der Waals surface area contributed by atoms with Gasteiger partial charge in [-0.2, -0.15) is 0 Å². The molecular weight excluding hydrogens is 224 g/mol. The Morgan fingerprint density at radius 1 is 0.944 bits per heavy atom. The van der Waals surface area contributed by atoms with Crippen LogP contribution in [0.25, 0.3) is 33.1 Å². The van der Waals surface area contributed by atoms with Crippen molar-refractivity contribution in [3.63, 3.8) is 0 Å². The molecule has 0 aliphatic rings. The molecule has 0 fully saturated rings. The van der Waals surface area contributed by atoms with Crippen LogP contribution in [-0.4, -0.2) is 9.97 Å². The molecule has 2 heterocycles. The lowest BCUT2D eigenvalue weighted by molar-refractivity contribution is 0.558. The number of nitrogens with one attached hydrogen (secondary N) is 1. The van der Waals surface area contributed by atoms with Crippen molar-refractivity contribution in [3.8, 4) is 11.3 Å². The van der Waals surface area contributed by atoms with Gasteiger partial charge in [0, 0.05) is 21.9 Å². The molecule has 0 saturated carbocycles. The first-order valence-corrected chi connectivity index (χ1v) is 5.81. The van der Waals surface area contributed by atoms with Crippen molar-refractivity contribution >= 4 is 21.8 Å². The van der Waals surface area contributed by atoms with Crippen LogP contribution in [0.1, 0.15) is 0 Å². The van der Waals surface area contributed by atoms with Crippen molar-refractivity contribution in [2.45, 2.75) is 0 Å². The highest BCUT2D eigenvalue weighted by molar-refractivity contribution is 6.11. The average molecular weight is 234 g/mol. The Balaban J connectivity index is 2.17. The number of hydrogen-bond acceptors (Lipinski definition) is 2. The Morgan fingerprint density at radius 2 is 1.83 bits per heavy atom. The molecule has 0 radical (unpaired) electrons. The lowest BCUT2D eigenvalue weighted by atomic mass is 10.1. The van der Waals surface area contributed by atoms with Crippen LogP contribution in [0.5, 0.6) is 0 Å². The van der Waals surface area contributed by atoms with Crippen molar-refractivity contribution in [1.82, 2.24) is 9.97 Å². The van der Waals surface area contributed by atoms with Crippen molar-refractivity contribution in [2.24, 2.45) is 0 Å². The Labute approximate surface area is 103 Å². The van der Waals surface area contributed by atoms with Crippen molar-refractivity contribution < 1.29 is 4.42 Å². The summed E-state index contributed by atoms with van der Waals surface area (Å²) in [6.07, 6.45) is 3.12. The Bertz CT molecular complexity index is 828. The first-order chi connectivity index (χ1) is 8.93. The maximum Gasteiger partial charge on any atom is 0.181 e. The van der Waals surface area contributed by atoms with E-state index in [1.165, 1.54) is 17.2 Å². The lowest BCUT2D eigenvalue weighted by Crippen LogP contribution is -1.79. The molecule has 0 amide bonds. The molecule has 0 unspecified atom stereocenters. The summed E-state index contributed by atoms with van der Waals surface area (Å²) in [4.78, 5) is 7.67. The molecule has 4 rings (SSSR count). The third-order valence-corrected chi connectivity index (χ3v) is 3.25. The van der Waals surface area contributed by atoms with Crippen LogP contribution in [0.15, 0.2) is 59.5 Å². The smallest absolute Gasteiger partial charge is 0.181 e. The summed E-state index contributed by atoms with van der Waals surface area (Å²) in [5, 5.41) is 2.45. The zero-order valence-electron chi connectivity index (χ0n) is 9.55. The number of para-hydroxylation sites is 2. The predicted molar refractivity (Wildman–Crippen MR) is 71.3 cm³/mol. The van der Waals surface area contributed by atoms with E-state index in [2.05, 4.69) is 40.3 Å². The molecule has 2 aromatic carbocycles. The summed E-state index contributed by atoms with van der Waals surface area (Å²) in [7, 11) is 0. The van der Waals surface area contributed by atoms with Gasteiger partial charge in [0.2, 0.25) is 0 Å². The fourth-order valence-corrected chi connectivity index (χ4v) is 2.43. The van der Waals surface area contributed by atoms with Gasteiger partial charge < -0.3 is 9.40 Å². The summed E-state index contributed by atoms with van der Waals surface area (Å²) < 4.78 is 5.07. The lowest BCUT2D eigenvalue weighted by Gasteiger charge is -1.98. The number of aromatic nitrogens is 2. The van der Waals surface area contributed by atoms with Crippen LogP contribution in [0.2, 0.25) is 0 Å². The number of rotatable bonds is 1. The zero-order chi connectivity index (χ0) is 11.9. The second-order valence-corrected chi connectivity index (χ2v) is 4.27. The molecule has 0 aliphatic carbocycles. The quantitative estimate of drug-likeness (QED) is 0.541. The molecule has 0 bridgehead atoms. The number of nitrogens with zero attached hydrogens (tertiary/aromatic N) is 1. The van der Waals surface area contributed by atoms with Gasteiger partial charge in [-0.1, -0.05) is 36.4 Å². The molecule has 0 spiro atoms. The highest BCUT2D eigenvalue weighted by atomic mass is 16.3. The van der Waals surface area contributed by atoms with Crippen LogP contribution in [0, 0.1) is 0 Å². The largest absolute Gasteiger partial charge is 0.451 e. The van der Waals surface area contributed by atoms with E-state index < -0.39 is 0 Å². The van der Waals surface area contributed by atoms with Gasteiger partial charge in [0.1, 0.15) is 12.0 Å². The molecule has 86 valence electrons. The van der Waals surface area contributed by atoms with E-state index in [4.69, 9.17) is 4.42 Å². The Morgan fingerprint density at radius 3 is 2.72 bits per heavy atom. The summed E-state index contributed by atoms with van der Waals surface area (Å²) in [5.41, 5.74) is 4.17. The molecule has 4 aromatic rings. The SMILES string of the molecule is c1ccc2c(c1)[nH]c1c(-c3cocn3)cccc12. The summed E-state index contributed by atoms with van der Waals surface area (Å²) in [6, 6.07) is 14.5. The molecule has 3 heteroatoms. The maximum absolute atomic E-state index is 5.07. The van der Waals surface area contributed by atoms with E-state index in [1.807, 2.05) is 12.1 Å². The summed E-state index contributed by atoms with van der Waals surface area (Å²) >= 11 is 0. The second-order valence-electron chi connectivity index (χ2n) is 4.27. The van der Waals surface area contributed by atoms with Crippen molar-refractivity contribution in [2.75, 3.05) is 0 Å². The number of hydrogen-bond donors (Lipinski definition) is 1. The van der Waals surface area contributed by atoms with Gasteiger partial charge in [-0.25, -0.2) is 4.98 Å². The molecule has 0 aliphatic heterocycles. The van der Waals surface area contributed by atoms with Crippen molar-refractivity contribution in [1.29, 1.82) is 0 Å². The van der Waals surface area contributed by atoms with E-state index in [0.717, 1.165) is 22.3 Å². The van der Waals surface area contributed by atoms with Gasteiger partial charge in [-0.3, -0.25) is 0 Å². The highest BCUT2D eigenvalue weighted by Crippen LogP contribution is 2.32. The molecule has 1 N–H and O–H groups in total. The van der Waals surface area contributed by atoms with Gasteiger partial charge in [-0.05, 0) is 6.07 Å². The van der Waals surface area contributed by atoms with Gasteiger partial charge in [0.05, 0.1) is 5.52 Å². The van der Waals surface area contributed by atoms with Crippen LogP contribution < -0.4 is 0 Å². The Kier molecular flexibility index (Phi) is 1.83. The Hall–Kier alpha value is -2.55. The monoisotopic (exact) mass is 234 g/mol. The number of oxazole rings is 1. The van der Waals surface area contributed by atoms with E-state index in [-0.39, 0.29) is 0 Å². The van der Waals surface area contributed by atoms with Gasteiger partial charge in [-0.15, -0.1) is 0 Å². The third kappa shape index (κ3) is 1.21. The topological polar surface area (TPSA) is 41.8 Å². The number of fused-ring (bicyclic) bond motifs is 3. The van der Waals surface area contributed by atoms with Gasteiger partial charge >= 0.3 is 0 Å². The number of benzene rings is 2. The van der Waals surface area contributed by atoms with Gasteiger partial charge in [0.15, 0.2) is 6.39 Å². The minimum Gasteiger partial charge on any atom is -0.451 e. The minimum atomic E-state index is 0.854. The standard InChI is InChI=1S/C15H10N2O/c1-2-7-13-10(4-1)11-5-3-6-12(15(11)17-13)14-8-18-9-16-14/h1-9,17H. The van der Waals surface area contributed by atoms with Crippen LogP contribution in [0.4, 0.5) is 0 Å². The predicted octanol–water partition coefficient (Wildman–Crippen LogP) is 3.98. The molecule has 2 aromatic heterocycles. The van der Waals surface area contributed by atoms with Crippen LogP contribution in [0.3, 0.4) is 0 Å². The normalized spacial score (nSPS) is 11.3. The van der Waals surface area contributed by atoms with Crippen LogP contribution >= 0.6 is 0 Å². The highest BCUT2D eigenvalue weighted by Gasteiger charge is 2.10. The fraction of sp³-hybridized carbons (Fsp3) is 0. The van der Waals surface area contributed by atoms with E-state index in [0.29, 0.717) is 0 Å². The van der Waals surface area contributed by atoms with E-state index >= 15 is 0 Å². The molecule has 0 saturated heterocycles. The molecule has 0 atom stereocenters. The van der Waals surface area contributed by atoms with Crippen LogP contribution in [-0.2, 0) is 0 Å². The summed E-state index contributed by atoms with van der Waals surface area (Å²) in [5.74, 6) is 0. The second kappa shape index (κ2) is 3.47. The molecule has 18 heavy (non-hydrogen) atoms. The minimum absolute atomic E-state index is 0.854. The van der Waals surface area contributed by atoms with E-state index in [1.54, 1.807) is 6.26 Å². The third-order valence-electron chi connectivity index (χ3n) is 3.25.